The van der Waals surface area contributed by atoms with E-state index in [1.165, 1.54) is 11.3 Å². The molecule has 0 radical (unpaired) electrons. The van der Waals surface area contributed by atoms with Crippen molar-refractivity contribution in [3.63, 3.8) is 0 Å². The molecule has 2 rings (SSSR count). The van der Waals surface area contributed by atoms with Gasteiger partial charge in [0.1, 0.15) is 0 Å². The van der Waals surface area contributed by atoms with Crippen LogP contribution in [0.3, 0.4) is 0 Å². The van der Waals surface area contributed by atoms with E-state index in [1.54, 1.807) is 0 Å². The molecule has 1 aromatic carbocycles. The Morgan fingerprint density at radius 3 is 2.42 bits per heavy atom. The van der Waals surface area contributed by atoms with Gasteiger partial charge in [-0.25, -0.2) is 0 Å². The van der Waals surface area contributed by atoms with E-state index in [2.05, 4.69) is 59.6 Å². The molecular formula is C15H22N4. The van der Waals surface area contributed by atoms with Crippen LogP contribution in [0.2, 0.25) is 0 Å². The summed E-state index contributed by atoms with van der Waals surface area (Å²) in [6.07, 6.45) is 4.01. The molecule has 0 saturated heterocycles. The molecule has 0 fully saturated rings. The van der Waals surface area contributed by atoms with E-state index in [0.717, 1.165) is 12.2 Å². The lowest BCUT2D eigenvalue weighted by Gasteiger charge is -2.13. The zero-order valence-electron chi connectivity index (χ0n) is 12.1. The lowest BCUT2D eigenvalue weighted by Crippen LogP contribution is -2.08. The van der Waals surface area contributed by atoms with Crippen LogP contribution in [0.4, 0.5) is 11.4 Å². The average Bonchev–Trinajstić information content (AvgIpc) is 2.86. The minimum atomic E-state index is 0.410. The highest BCUT2D eigenvalue weighted by Crippen LogP contribution is 2.16. The van der Waals surface area contributed by atoms with Crippen molar-refractivity contribution in [3.05, 3.63) is 42.2 Å². The van der Waals surface area contributed by atoms with Crippen molar-refractivity contribution in [1.29, 1.82) is 0 Å². The van der Waals surface area contributed by atoms with Gasteiger partial charge >= 0.3 is 0 Å². The number of hydrogen-bond acceptors (Lipinski definition) is 3. The first-order valence-corrected chi connectivity index (χ1v) is 6.60. The molecule has 0 unspecified atom stereocenters. The molecule has 102 valence electrons. The minimum absolute atomic E-state index is 0.410. The molecule has 4 nitrogen and oxygen atoms in total. The van der Waals surface area contributed by atoms with E-state index >= 15 is 0 Å². The van der Waals surface area contributed by atoms with Crippen LogP contribution in [-0.4, -0.2) is 23.9 Å². The van der Waals surface area contributed by atoms with Crippen molar-refractivity contribution in [1.82, 2.24) is 9.78 Å². The fraction of sp³-hybridized carbons (Fsp3) is 0.400. The van der Waals surface area contributed by atoms with Crippen LogP contribution in [-0.2, 0) is 6.54 Å². The Morgan fingerprint density at radius 1 is 1.21 bits per heavy atom. The van der Waals surface area contributed by atoms with E-state index < -0.39 is 0 Å². The van der Waals surface area contributed by atoms with E-state index in [4.69, 9.17) is 0 Å². The maximum atomic E-state index is 4.34. The number of rotatable bonds is 5. The van der Waals surface area contributed by atoms with Gasteiger partial charge in [0, 0.05) is 49.8 Å². The highest BCUT2D eigenvalue weighted by molar-refractivity contribution is 5.54. The summed E-state index contributed by atoms with van der Waals surface area (Å²) in [6, 6.07) is 8.83. The molecule has 0 saturated carbocycles. The maximum Gasteiger partial charge on any atom is 0.0539 e. The molecule has 0 aliphatic rings. The Bertz CT molecular complexity index is 511. The Morgan fingerprint density at radius 2 is 1.89 bits per heavy atom. The zero-order valence-corrected chi connectivity index (χ0v) is 12.1. The van der Waals surface area contributed by atoms with E-state index in [9.17, 15) is 0 Å². The third-order valence-corrected chi connectivity index (χ3v) is 3.06. The van der Waals surface area contributed by atoms with Gasteiger partial charge in [0.25, 0.3) is 0 Å². The summed E-state index contributed by atoms with van der Waals surface area (Å²) >= 11 is 0. The number of nitrogens with zero attached hydrogens (tertiary/aromatic N) is 3. The van der Waals surface area contributed by atoms with Crippen molar-refractivity contribution in [2.45, 2.75) is 26.4 Å². The number of nitrogens with one attached hydrogen (secondary N) is 1. The highest BCUT2D eigenvalue weighted by atomic mass is 15.3. The molecule has 0 aliphatic heterocycles. The van der Waals surface area contributed by atoms with Gasteiger partial charge in [-0.3, -0.25) is 4.68 Å². The van der Waals surface area contributed by atoms with Gasteiger partial charge < -0.3 is 10.2 Å². The number of benzene rings is 1. The Kier molecular flexibility index (Phi) is 4.10. The third-order valence-electron chi connectivity index (χ3n) is 3.06. The summed E-state index contributed by atoms with van der Waals surface area (Å²) in [6.45, 7) is 5.06. The second kappa shape index (κ2) is 5.78. The van der Waals surface area contributed by atoms with Crippen LogP contribution in [0.1, 0.15) is 25.5 Å². The van der Waals surface area contributed by atoms with E-state index in [1.807, 2.05) is 25.0 Å². The molecule has 1 aromatic heterocycles. The first-order valence-electron chi connectivity index (χ1n) is 6.60. The number of hydrogen-bond donors (Lipinski definition) is 1. The molecule has 0 atom stereocenters. The third kappa shape index (κ3) is 3.50. The first-order chi connectivity index (χ1) is 9.06. The zero-order chi connectivity index (χ0) is 13.8. The van der Waals surface area contributed by atoms with Crippen LogP contribution in [0.25, 0.3) is 0 Å². The second-order valence-corrected chi connectivity index (χ2v) is 5.22. The van der Waals surface area contributed by atoms with Gasteiger partial charge in [-0.15, -0.1) is 0 Å². The SMILES string of the molecule is CC(C)n1cc(CNc2ccc(N(C)C)cc2)cn1. The lowest BCUT2D eigenvalue weighted by atomic mass is 10.2. The van der Waals surface area contributed by atoms with Crippen molar-refractivity contribution in [3.8, 4) is 0 Å². The lowest BCUT2D eigenvalue weighted by molar-refractivity contribution is 0.532. The van der Waals surface area contributed by atoms with Crippen molar-refractivity contribution < 1.29 is 0 Å². The summed E-state index contributed by atoms with van der Waals surface area (Å²) in [5, 5.41) is 7.74. The smallest absolute Gasteiger partial charge is 0.0539 e. The number of anilines is 2. The molecule has 2 aromatic rings. The van der Waals surface area contributed by atoms with Gasteiger partial charge in [0.2, 0.25) is 0 Å². The van der Waals surface area contributed by atoms with Crippen LogP contribution in [0.5, 0.6) is 0 Å². The van der Waals surface area contributed by atoms with Gasteiger partial charge in [0.15, 0.2) is 0 Å². The van der Waals surface area contributed by atoms with Gasteiger partial charge in [-0.05, 0) is 38.1 Å². The molecule has 1 N–H and O–H groups in total. The van der Waals surface area contributed by atoms with E-state index in [-0.39, 0.29) is 0 Å². The summed E-state index contributed by atoms with van der Waals surface area (Å²) in [4.78, 5) is 2.09. The number of aromatic nitrogens is 2. The topological polar surface area (TPSA) is 33.1 Å². The quantitative estimate of drug-likeness (QED) is 0.894. The second-order valence-electron chi connectivity index (χ2n) is 5.22. The van der Waals surface area contributed by atoms with Crippen molar-refractivity contribution in [2.24, 2.45) is 0 Å². The van der Waals surface area contributed by atoms with Crippen LogP contribution in [0.15, 0.2) is 36.7 Å². The molecule has 19 heavy (non-hydrogen) atoms. The van der Waals surface area contributed by atoms with Gasteiger partial charge in [0.05, 0.1) is 6.20 Å². The summed E-state index contributed by atoms with van der Waals surface area (Å²) in [5.74, 6) is 0. The van der Waals surface area contributed by atoms with Crippen LogP contribution < -0.4 is 10.2 Å². The molecule has 0 aliphatic carbocycles. The van der Waals surface area contributed by atoms with E-state index in [0.29, 0.717) is 6.04 Å². The monoisotopic (exact) mass is 258 g/mol. The predicted octanol–water partition coefficient (Wildman–Crippen LogP) is 3.14. The largest absolute Gasteiger partial charge is 0.381 e. The average molecular weight is 258 g/mol. The Labute approximate surface area is 115 Å². The summed E-state index contributed by atoms with van der Waals surface area (Å²) in [5.41, 5.74) is 3.53. The summed E-state index contributed by atoms with van der Waals surface area (Å²) < 4.78 is 1.98. The van der Waals surface area contributed by atoms with Crippen LogP contribution in [0, 0.1) is 0 Å². The minimum Gasteiger partial charge on any atom is -0.381 e. The highest BCUT2D eigenvalue weighted by Gasteiger charge is 2.02. The van der Waals surface area contributed by atoms with Gasteiger partial charge in [-0.1, -0.05) is 0 Å². The fourth-order valence-corrected chi connectivity index (χ4v) is 1.83. The molecule has 0 amide bonds. The Hall–Kier alpha value is -1.97. The fourth-order valence-electron chi connectivity index (χ4n) is 1.83. The standard InChI is InChI=1S/C15H22N4/c1-12(2)19-11-13(10-17-19)9-16-14-5-7-15(8-6-14)18(3)4/h5-8,10-12,16H,9H2,1-4H3. The molecule has 0 bridgehead atoms. The molecular weight excluding hydrogens is 236 g/mol. The molecule has 1 heterocycles. The maximum absolute atomic E-state index is 4.34. The van der Waals surface area contributed by atoms with Crippen molar-refractivity contribution in [2.75, 3.05) is 24.3 Å². The molecule has 0 spiro atoms. The predicted molar refractivity (Wildman–Crippen MR) is 80.7 cm³/mol. The van der Waals surface area contributed by atoms with Crippen molar-refractivity contribution >= 4 is 11.4 Å². The van der Waals surface area contributed by atoms with Gasteiger partial charge in [-0.2, -0.15) is 5.10 Å². The first kappa shape index (κ1) is 13.5. The van der Waals surface area contributed by atoms with Crippen LogP contribution >= 0.6 is 0 Å². The summed E-state index contributed by atoms with van der Waals surface area (Å²) in [7, 11) is 4.09. The Balaban J connectivity index is 1.94. The molecule has 4 heteroatoms. The normalized spacial score (nSPS) is 10.8.